The Hall–Kier alpha value is -2.73. The predicted octanol–water partition coefficient (Wildman–Crippen LogP) is 3.31. The second kappa shape index (κ2) is 7.59. The summed E-state index contributed by atoms with van der Waals surface area (Å²) in [4.78, 5) is 13.1. The van der Waals surface area contributed by atoms with Gasteiger partial charge < -0.3 is 23.4 Å². The molecule has 0 amide bonds. The molecule has 1 atom stereocenters. The fourth-order valence-electron chi connectivity index (χ4n) is 4.46. The van der Waals surface area contributed by atoms with Gasteiger partial charge in [-0.05, 0) is 17.7 Å². The zero-order valence-corrected chi connectivity index (χ0v) is 17.5. The molecule has 0 aliphatic carbocycles. The summed E-state index contributed by atoms with van der Waals surface area (Å²) in [5.74, 6) is 3.01. The minimum absolute atomic E-state index is 0.00888. The Labute approximate surface area is 171 Å². The zero-order valence-electron chi connectivity index (χ0n) is 17.5. The zero-order chi connectivity index (χ0) is 20.6. The molecule has 4 rings (SSSR count). The molecule has 154 valence electrons. The van der Waals surface area contributed by atoms with E-state index in [0.29, 0.717) is 24.3 Å². The highest BCUT2D eigenvalue weighted by Crippen LogP contribution is 2.51. The third-order valence-electron chi connectivity index (χ3n) is 6.08. The molecular formula is C23H28NO5+. The number of hydrogen-bond donors (Lipinski definition) is 0. The van der Waals surface area contributed by atoms with Crippen LogP contribution >= 0.6 is 0 Å². The summed E-state index contributed by atoms with van der Waals surface area (Å²) >= 11 is 0. The van der Waals surface area contributed by atoms with Crippen molar-refractivity contribution in [3.8, 4) is 23.0 Å². The number of Topliss-reactive ketones (excluding diaryl/α,β-unsaturated/α-hetero) is 1. The van der Waals surface area contributed by atoms with Crippen molar-refractivity contribution in [3.63, 3.8) is 0 Å². The monoisotopic (exact) mass is 398 g/mol. The standard InChI is InChI=1S/C23H28NO5/c1-24(2)10-9-16-12-20-22(29-14-28-20)23(27-4)21(16)18(24)13-17(25)11-15-7-5-6-8-19(15)26-3/h5-8,12,18H,9-11,13-14H2,1-4H3/q+1/t18-/m0/s1. The molecule has 0 aromatic heterocycles. The Balaban J connectivity index is 1.67. The molecule has 2 aliphatic rings. The van der Waals surface area contributed by atoms with Crippen LogP contribution in [0.15, 0.2) is 30.3 Å². The number of likely N-dealkylation sites (N-methyl/N-ethyl adjacent to an activating group) is 1. The largest absolute Gasteiger partial charge is 0.496 e. The molecule has 2 aliphatic heterocycles. The van der Waals surface area contributed by atoms with Gasteiger partial charge in [0.15, 0.2) is 11.5 Å². The van der Waals surface area contributed by atoms with Gasteiger partial charge in [-0.15, -0.1) is 0 Å². The van der Waals surface area contributed by atoms with E-state index in [-0.39, 0.29) is 18.6 Å². The summed E-state index contributed by atoms with van der Waals surface area (Å²) in [5.41, 5.74) is 3.17. The molecule has 29 heavy (non-hydrogen) atoms. The fourth-order valence-corrected chi connectivity index (χ4v) is 4.46. The van der Waals surface area contributed by atoms with Crippen LogP contribution in [0.3, 0.4) is 0 Å². The molecule has 0 spiro atoms. The molecule has 2 heterocycles. The van der Waals surface area contributed by atoms with Gasteiger partial charge in [0.25, 0.3) is 0 Å². The Morgan fingerprint density at radius 3 is 2.72 bits per heavy atom. The van der Waals surface area contributed by atoms with E-state index in [1.165, 1.54) is 5.56 Å². The summed E-state index contributed by atoms with van der Waals surface area (Å²) in [6.07, 6.45) is 1.68. The van der Waals surface area contributed by atoms with Crippen LogP contribution in [0.4, 0.5) is 0 Å². The molecule has 0 radical (unpaired) electrons. The van der Waals surface area contributed by atoms with Gasteiger partial charge in [0.05, 0.1) is 46.8 Å². The number of fused-ring (bicyclic) bond motifs is 2. The van der Waals surface area contributed by atoms with E-state index < -0.39 is 0 Å². The predicted molar refractivity (Wildman–Crippen MR) is 109 cm³/mol. The molecule has 6 nitrogen and oxygen atoms in total. The first kappa shape index (κ1) is 19.6. The number of hydrogen-bond acceptors (Lipinski definition) is 5. The van der Waals surface area contributed by atoms with Crippen LogP contribution in [0.5, 0.6) is 23.0 Å². The van der Waals surface area contributed by atoms with E-state index in [0.717, 1.165) is 40.1 Å². The maximum Gasteiger partial charge on any atom is 0.231 e. The Kier molecular flexibility index (Phi) is 5.13. The van der Waals surface area contributed by atoms with Gasteiger partial charge in [0, 0.05) is 18.4 Å². The van der Waals surface area contributed by atoms with Crippen molar-refractivity contribution in [1.82, 2.24) is 0 Å². The first-order valence-electron chi connectivity index (χ1n) is 9.90. The van der Waals surface area contributed by atoms with Crippen LogP contribution in [0.1, 0.15) is 29.2 Å². The molecule has 2 aromatic carbocycles. The SMILES string of the molecule is COc1ccccc1CC(=O)C[C@H]1c2c(cc3c(c2OC)OCO3)CC[N+]1(C)C. The summed E-state index contributed by atoms with van der Waals surface area (Å²) in [5, 5.41) is 0. The lowest BCUT2D eigenvalue weighted by atomic mass is 9.86. The lowest BCUT2D eigenvalue weighted by molar-refractivity contribution is -0.922. The second-order valence-electron chi connectivity index (χ2n) is 8.22. The highest BCUT2D eigenvalue weighted by atomic mass is 16.7. The fraction of sp³-hybridized carbons (Fsp3) is 0.435. The van der Waals surface area contributed by atoms with Crippen LogP contribution < -0.4 is 18.9 Å². The minimum atomic E-state index is -0.00888. The van der Waals surface area contributed by atoms with Crippen LogP contribution in [0.25, 0.3) is 0 Å². The smallest absolute Gasteiger partial charge is 0.231 e. The normalized spacial score (nSPS) is 18.8. The number of nitrogens with zero attached hydrogens (tertiary/aromatic N) is 1. The number of rotatable bonds is 6. The van der Waals surface area contributed by atoms with E-state index >= 15 is 0 Å². The number of benzene rings is 2. The topological polar surface area (TPSA) is 54.0 Å². The van der Waals surface area contributed by atoms with Crippen molar-refractivity contribution in [1.29, 1.82) is 0 Å². The molecule has 0 saturated carbocycles. The maximum absolute atomic E-state index is 13.1. The van der Waals surface area contributed by atoms with E-state index in [1.807, 2.05) is 24.3 Å². The minimum Gasteiger partial charge on any atom is -0.496 e. The average molecular weight is 398 g/mol. The van der Waals surface area contributed by atoms with Gasteiger partial charge in [-0.1, -0.05) is 18.2 Å². The molecule has 0 fully saturated rings. The summed E-state index contributed by atoms with van der Waals surface area (Å²) < 4.78 is 23.2. The molecule has 0 N–H and O–H groups in total. The van der Waals surface area contributed by atoms with E-state index in [1.54, 1.807) is 14.2 Å². The van der Waals surface area contributed by atoms with Gasteiger partial charge >= 0.3 is 0 Å². The molecule has 2 aromatic rings. The van der Waals surface area contributed by atoms with Gasteiger partial charge in [0.1, 0.15) is 17.6 Å². The van der Waals surface area contributed by atoms with Crippen LogP contribution in [-0.2, 0) is 17.6 Å². The average Bonchev–Trinajstić information content (AvgIpc) is 3.17. The second-order valence-corrected chi connectivity index (χ2v) is 8.22. The van der Waals surface area contributed by atoms with Crippen molar-refractivity contribution in [3.05, 3.63) is 47.0 Å². The van der Waals surface area contributed by atoms with E-state index in [9.17, 15) is 4.79 Å². The van der Waals surface area contributed by atoms with Crippen molar-refractivity contribution >= 4 is 5.78 Å². The highest BCUT2D eigenvalue weighted by Gasteiger charge is 2.42. The van der Waals surface area contributed by atoms with Gasteiger partial charge in [-0.3, -0.25) is 4.79 Å². The van der Waals surface area contributed by atoms with Crippen LogP contribution in [-0.4, -0.2) is 51.9 Å². The van der Waals surface area contributed by atoms with Crippen molar-refractivity contribution in [2.24, 2.45) is 0 Å². The number of methoxy groups -OCH3 is 2. The number of ketones is 1. The lowest BCUT2D eigenvalue weighted by Gasteiger charge is -2.43. The Morgan fingerprint density at radius 1 is 1.17 bits per heavy atom. The third-order valence-corrected chi connectivity index (χ3v) is 6.08. The van der Waals surface area contributed by atoms with Crippen molar-refractivity contribution in [2.75, 3.05) is 41.7 Å². The van der Waals surface area contributed by atoms with Gasteiger partial charge in [0.2, 0.25) is 12.5 Å². The molecule has 6 heteroatoms. The molecule has 0 saturated heterocycles. The van der Waals surface area contributed by atoms with Crippen molar-refractivity contribution < 1.29 is 28.2 Å². The lowest BCUT2D eigenvalue weighted by Crippen LogP contribution is -2.48. The van der Waals surface area contributed by atoms with E-state index in [2.05, 4.69) is 20.2 Å². The highest BCUT2D eigenvalue weighted by molar-refractivity contribution is 5.82. The summed E-state index contributed by atoms with van der Waals surface area (Å²) in [6, 6.07) is 9.73. The molecular weight excluding hydrogens is 370 g/mol. The number of carbonyl (C=O) groups is 1. The van der Waals surface area contributed by atoms with Crippen molar-refractivity contribution in [2.45, 2.75) is 25.3 Å². The number of carbonyl (C=O) groups excluding carboxylic acids is 1. The van der Waals surface area contributed by atoms with Crippen LogP contribution in [0.2, 0.25) is 0 Å². The summed E-state index contributed by atoms with van der Waals surface area (Å²) in [7, 11) is 7.64. The molecule has 0 unspecified atom stereocenters. The third kappa shape index (κ3) is 3.53. The van der Waals surface area contributed by atoms with Gasteiger partial charge in [-0.2, -0.15) is 0 Å². The first-order valence-corrected chi connectivity index (χ1v) is 9.90. The first-order chi connectivity index (χ1) is 13.9. The number of para-hydroxylation sites is 1. The number of ether oxygens (including phenoxy) is 4. The van der Waals surface area contributed by atoms with E-state index in [4.69, 9.17) is 18.9 Å². The summed E-state index contributed by atoms with van der Waals surface area (Å²) in [6.45, 7) is 1.15. The van der Waals surface area contributed by atoms with Crippen LogP contribution in [0, 0.1) is 0 Å². The quantitative estimate of drug-likeness (QED) is 0.699. The Morgan fingerprint density at radius 2 is 1.97 bits per heavy atom. The Bertz CT molecular complexity index is 937. The van der Waals surface area contributed by atoms with Gasteiger partial charge in [-0.25, -0.2) is 0 Å². The molecule has 0 bridgehead atoms. The maximum atomic E-state index is 13.1. The number of quaternary nitrogens is 1.